The molecule has 0 fully saturated rings. The standard InChI is InChI=1S/C19H21N3O/c1-3-11-22(14-15-7-6-10-20-13-15)19(23)18-12-16-8-4-5-9-17(16)21(18)2/h4-10,12-13H,3,11,14H2,1-2H3. The van der Waals surface area contributed by atoms with Gasteiger partial charge in [-0.15, -0.1) is 0 Å². The van der Waals surface area contributed by atoms with E-state index in [1.54, 1.807) is 6.20 Å². The molecule has 0 saturated carbocycles. The van der Waals surface area contributed by atoms with Gasteiger partial charge in [0, 0.05) is 43.4 Å². The first-order chi connectivity index (χ1) is 11.2. The number of hydrogen-bond donors (Lipinski definition) is 0. The quantitative estimate of drug-likeness (QED) is 0.722. The Morgan fingerprint density at radius 3 is 2.74 bits per heavy atom. The highest BCUT2D eigenvalue weighted by Crippen LogP contribution is 2.20. The number of pyridine rings is 1. The Morgan fingerprint density at radius 2 is 2.04 bits per heavy atom. The number of amides is 1. The van der Waals surface area contributed by atoms with Gasteiger partial charge in [-0.25, -0.2) is 0 Å². The van der Waals surface area contributed by atoms with Crippen LogP contribution in [0.3, 0.4) is 0 Å². The summed E-state index contributed by atoms with van der Waals surface area (Å²) in [5.41, 5.74) is 2.85. The van der Waals surface area contributed by atoms with Crippen LogP contribution in [0.25, 0.3) is 10.9 Å². The lowest BCUT2D eigenvalue weighted by atomic mass is 10.2. The molecular weight excluding hydrogens is 286 g/mol. The molecule has 0 aliphatic carbocycles. The second-order valence-corrected chi connectivity index (χ2v) is 5.74. The first kappa shape index (κ1) is 15.3. The SMILES string of the molecule is CCCN(Cc1cccnc1)C(=O)c1cc2ccccc2n1C. The third kappa shape index (κ3) is 3.11. The Labute approximate surface area is 136 Å². The van der Waals surface area contributed by atoms with Crippen LogP contribution in [0.1, 0.15) is 29.4 Å². The lowest BCUT2D eigenvalue weighted by Crippen LogP contribution is -2.32. The largest absolute Gasteiger partial charge is 0.340 e. The minimum Gasteiger partial charge on any atom is -0.340 e. The van der Waals surface area contributed by atoms with Gasteiger partial charge in [-0.2, -0.15) is 0 Å². The number of carbonyl (C=O) groups excluding carboxylic acids is 1. The van der Waals surface area contributed by atoms with E-state index in [9.17, 15) is 4.79 Å². The fourth-order valence-electron chi connectivity index (χ4n) is 2.89. The van der Waals surface area contributed by atoms with Crippen molar-refractivity contribution in [3.8, 4) is 0 Å². The van der Waals surface area contributed by atoms with E-state index in [-0.39, 0.29) is 5.91 Å². The Hall–Kier alpha value is -2.62. The lowest BCUT2D eigenvalue weighted by molar-refractivity contribution is 0.0734. The van der Waals surface area contributed by atoms with Crippen LogP contribution in [0.15, 0.2) is 54.9 Å². The fourth-order valence-corrected chi connectivity index (χ4v) is 2.89. The molecule has 0 bridgehead atoms. The average molecular weight is 307 g/mol. The van der Waals surface area contributed by atoms with Crippen molar-refractivity contribution in [3.05, 3.63) is 66.1 Å². The molecule has 118 valence electrons. The van der Waals surface area contributed by atoms with Gasteiger partial charge >= 0.3 is 0 Å². The third-order valence-electron chi connectivity index (χ3n) is 4.05. The zero-order valence-electron chi connectivity index (χ0n) is 13.6. The van der Waals surface area contributed by atoms with Gasteiger partial charge in [0.05, 0.1) is 0 Å². The smallest absolute Gasteiger partial charge is 0.270 e. The molecule has 3 aromatic rings. The van der Waals surface area contributed by atoms with E-state index in [2.05, 4.69) is 11.9 Å². The molecule has 0 aliphatic rings. The van der Waals surface area contributed by atoms with Gasteiger partial charge in [0.1, 0.15) is 5.69 Å². The topological polar surface area (TPSA) is 38.1 Å². The van der Waals surface area contributed by atoms with Crippen LogP contribution in [-0.2, 0) is 13.6 Å². The molecule has 0 saturated heterocycles. The number of nitrogens with zero attached hydrogens (tertiary/aromatic N) is 3. The van der Waals surface area contributed by atoms with Crippen LogP contribution in [0.2, 0.25) is 0 Å². The molecule has 4 nitrogen and oxygen atoms in total. The number of aryl methyl sites for hydroxylation is 1. The Bertz CT molecular complexity index is 808. The zero-order chi connectivity index (χ0) is 16.2. The van der Waals surface area contributed by atoms with E-state index < -0.39 is 0 Å². The fraction of sp³-hybridized carbons (Fsp3) is 0.263. The molecule has 1 amide bonds. The molecule has 0 unspecified atom stereocenters. The van der Waals surface area contributed by atoms with Crippen molar-refractivity contribution in [2.45, 2.75) is 19.9 Å². The maximum Gasteiger partial charge on any atom is 0.270 e. The van der Waals surface area contributed by atoms with Gasteiger partial charge in [0.15, 0.2) is 0 Å². The number of para-hydroxylation sites is 1. The molecule has 0 atom stereocenters. The molecule has 4 heteroatoms. The molecule has 1 aromatic carbocycles. The van der Waals surface area contributed by atoms with Crippen LogP contribution in [0, 0.1) is 0 Å². The van der Waals surface area contributed by atoms with Crippen molar-refractivity contribution in [2.75, 3.05) is 6.54 Å². The van der Waals surface area contributed by atoms with Gasteiger partial charge in [0.25, 0.3) is 5.91 Å². The third-order valence-corrected chi connectivity index (χ3v) is 4.05. The Balaban J connectivity index is 1.92. The van der Waals surface area contributed by atoms with E-state index in [1.807, 2.05) is 65.2 Å². The number of hydrogen-bond acceptors (Lipinski definition) is 2. The number of aromatic nitrogens is 2. The summed E-state index contributed by atoms with van der Waals surface area (Å²) in [5, 5.41) is 1.09. The monoisotopic (exact) mass is 307 g/mol. The van der Waals surface area contributed by atoms with Crippen molar-refractivity contribution in [2.24, 2.45) is 7.05 Å². The van der Waals surface area contributed by atoms with E-state index in [0.717, 1.165) is 35.1 Å². The number of carbonyl (C=O) groups is 1. The first-order valence-electron chi connectivity index (χ1n) is 7.93. The maximum absolute atomic E-state index is 13.0. The molecule has 23 heavy (non-hydrogen) atoms. The zero-order valence-corrected chi connectivity index (χ0v) is 13.6. The molecule has 3 rings (SSSR count). The highest BCUT2D eigenvalue weighted by molar-refractivity contribution is 5.98. The van der Waals surface area contributed by atoms with Crippen LogP contribution in [0.4, 0.5) is 0 Å². The molecule has 2 heterocycles. The summed E-state index contributed by atoms with van der Waals surface area (Å²) in [6.45, 7) is 3.41. The molecular formula is C19H21N3O. The summed E-state index contributed by atoms with van der Waals surface area (Å²) in [5.74, 6) is 0.0643. The van der Waals surface area contributed by atoms with Gasteiger partial charge < -0.3 is 9.47 Å². The average Bonchev–Trinajstić information content (AvgIpc) is 2.92. The van der Waals surface area contributed by atoms with Crippen LogP contribution >= 0.6 is 0 Å². The van der Waals surface area contributed by atoms with E-state index >= 15 is 0 Å². The summed E-state index contributed by atoms with van der Waals surface area (Å²) in [6, 6.07) is 14.0. The van der Waals surface area contributed by atoms with Crippen molar-refractivity contribution >= 4 is 16.8 Å². The summed E-state index contributed by atoms with van der Waals surface area (Å²) < 4.78 is 1.98. The van der Waals surface area contributed by atoms with Crippen LogP contribution in [0.5, 0.6) is 0 Å². The van der Waals surface area contributed by atoms with Gasteiger partial charge in [0.2, 0.25) is 0 Å². The van der Waals surface area contributed by atoms with E-state index in [0.29, 0.717) is 6.54 Å². The highest BCUT2D eigenvalue weighted by Gasteiger charge is 2.19. The molecule has 0 radical (unpaired) electrons. The van der Waals surface area contributed by atoms with Gasteiger partial charge in [-0.1, -0.05) is 31.2 Å². The second kappa shape index (κ2) is 6.65. The summed E-state index contributed by atoms with van der Waals surface area (Å²) >= 11 is 0. The minimum atomic E-state index is 0.0643. The second-order valence-electron chi connectivity index (χ2n) is 5.74. The molecule has 0 N–H and O–H groups in total. The Morgan fingerprint density at radius 1 is 1.22 bits per heavy atom. The number of fused-ring (bicyclic) bond motifs is 1. The maximum atomic E-state index is 13.0. The highest BCUT2D eigenvalue weighted by atomic mass is 16.2. The Kier molecular flexibility index (Phi) is 4.42. The van der Waals surface area contributed by atoms with Crippen molar-refractivity contribution < 1.29 is 4.79 Å². The summed E-state index contributed by atoms with van der Waals surface area (Å²) in [7, 11) is 1.95. The molecule has 0 spiro atoms. The predicted octanol–water partition coefficient (Wildman–Crippen LogP) is 3.63. The summed E-state index contributed by atoms with van der Waals surface area (Å²) in [6.07, 6.45) is 4.49. The van der Waals surface area contributed by atoms with Crippen LogP contribution < -0.4 is 0 Å². The van der Waals surface area contributed by atoms with E-state index in [1.165, 1.54) is 0 Å². The molecule has 2 aromatic heterocycles. The van der Waals surface area contributed by atoms with E-state index in [4.69, 9.17) is 0 Å². The van der Waals surface area contributed by atoms with Crippen molar-refractivity contribution in [3.63, 3.8) is 0 Å². The normalized spacial score (nSPS) is 10.9. The lowest BCUT2D eigenvalue weighted by Gasteiger charge is -2.22. The van der Waals surface area contributed by atoms with Gasteiger partial charge in [-0.3, -0.25) is 9.78 Å². The van der Waals surface area contributed by atoms with Crippen LogP contribution in [-0.4, -0.2) is 26.9 Å². The van der Waals surface area contributed by atoms with Crippen molar-refractivity contribution in [1.82, 2.24) is 14.5 Å². The molecule has 0 aliphatic heterocycles. The first-order valence-corrected chi connectivity index (χ1v) is 7.93. The number of benzene rings is 1. The van der Waals surface area contributed by atoms with Crippen molar-refractivity contribution in [1.29, 1.82) is 0 Å². The minimum absolute atomic E-state index is 0.0643. The predicted molar refractivity (Wildman–Crippen MR) is 92.2 cm³/mol. The number of rotatable bonds is 5. The van der Waals surface area contributed by atoms with Gasteiger partial charge in [-0.05, 0) is 30.2 Å². The summed E-state index contributed by atoms with van der Waals surface area (Å²) in [4.78, 5) is 19.0.